The molecule has 2 aromatic heterocycles. The smallest absolute Gasteiger partial charge is 0.240 e. The monoisotopic (exact) mass is 294 g/mol. The highest BCUT2D eigenvalue weighted by Crippen LogP contribution is 2.30. The molecule has 0 atom stereocenters. The van der Waals surface area contributed by atoms with Gasteiger partial charge in [-0.05, 0) is 26.8 Å². The van der Waals surface area contributed by atoms with Crippen molar-refractivity contribution in [1.29, 1.82) is 0 Å². The molecule has 0 bridgehead atoms. The number of aromatic nitrogens is 2. The Morgan fingerprint density at radius 3 is 2.75 bits per heavy atom. The van der Waals surface area contributed by atoms with Gasteiger partial charge in [-0.2, -0.15) is 4.98 Å². The first kappa shape index (κ1) is 14.5. The molecule has 2 heterocycles. The summed E-state index contributed by atoms with van der Waals surface area (Å²) in [5.41, 5.74) is 7.14. The molecule has 2 rings (SSSR count). The van der Waals surface area contributed by atoms with Crippen LogP contribution in [0.3, 0.4) is 0 Å². The number of amides is 1. The largest absolute Gasteiger partial charge is 0.369 e. The number of rotatable bonds is 5. The molecule has 20 heavy (non-hydrogen) atoms. The lowest BCUT2D eigenvalue weighted by molar-refractivity contribution is -0.125. The molecule has 1 amide bonds. The average Bonchev–Trinajstić information content (AvgIpc) is 2.75. The lowest BCUT2D eigenvalue weighted by Crippen LogP contribution is -2.37. The number of anilines is 2. The van der Waals surface area contributed by atoms with Crippen molar-refractivity contribution in [3.63, 3.8) is 0 Å². The maximum Gasteiger partial charge on any atom is 0.240 e. The van der Waals surface area contributed by atoms with Gasteiger partial charge in [-0.3, -0.25) is 10.2 Å². The van der Waals surface area contributed by atoms with E-state index in [1.165, 1.54) is 0 Å². The fourth-order valence-electron chi connectivity index (χ4n) is 1.63. The number of fused-ring (bicyclic) bond motifs is 1. The number of carbonyl (C=O) groups excluding carboxylic acids is 1. The first-order valence-electron chi connectivity index (χ1n) is 6.12. The molecule has 0 aliphatic heterocycles. The predicted molar refractivity (Wildman–Crippen MR) is 81.4 cm³/mol. The topological polar surface area (TPSA) is 119 Å². The third kappa shape index (κ3) is 2.81. The van der Waals surface area contributed by atoms with E-state index in [1.54, 1.807) is 25.2 Å². The van der Waals surface area contributed by atoms with Crippen molar-refractivity contribution in [3.8, 4) is 0 Å². The molecule has 2 aromatic rings. The summed E-state index contributed by atoms with van der Waals surface area (Å²) in [5.74, 6) is 5.98. The molecule has 7 nitrogen and oxygen atoms in total. The Bertz CT molecular complexity index is 651. The number of thiophene rings is 1. The highest BCUT2D eigenvalue weighted by atomic mass is 32.1. The fraction of sp³-hybridized carbons (Fsp3) is 0.417. The van der Waals surface area contributed by atoms with Crippen molar-refractivity contribution in [3.05, 3.63) is 10.9 Å². The zero-order valence-electron chi connectivity index (χ0n) is 11.7. The number of primary amides is 1. The predicted octanol–water partition coefficient (Wildman–Crippen LogP) is 1.21. The van der Waals surface area contributed by atoms with Crippen LogP contribution in [0.25, 0.3) is 10.2 Å². The Morgan fingerprint density at radius 1 is 1.45 bits per heavy atom. The van der Waals surface area contributed by atoms with Crippen LogP contribution < -0.4 is 22.3 Å². The first-order chi connectivity index (χ1) is 9.33. The summed E-state index contributed by atoms with van der Waals surface area (Å²) in [6, 6.07) is 2.00. The molecule has 0 fully saturated rings. The van der Waals surface area contributed by atoms with Gasteiger partial charge in [-0.15, -0.1) is 11.3 Å². The number of nitrogens with two attached hydrogens (primary N) is 2. The van der Waals surface area contributed by atoms with Crippen molar-refractivity contribution in [1.82, 2.24) is 9.97 Å². The molecule has 6 N–H and O–H groups in total. The van der Waals surface area contributed by atoms with Crippen LogP contribution >= 0.6 is 11.3 Å². The number of nitrogens with one attached hydrogen (secondary N) is 2. The van der Waals surface area contributed by atoms with Crippen molar-refractivity contribution < 1.29 is 4.79 Å². The Morgan fingerprint density at radius 2 is 2.15 bits per heavy atom. The van der Waals surface area contributed by atoms with E-state index >= 15 is 0 Å². The van der Waals surface area contributed by atoms with E-state index in [0.29, 0.717) is 18.3 Å². The van der Waals surface area contributed by atoms with Gasteiger partial charge < -0.3 is 11.1 Å². The van der Waals surface area contributed by atoms with E-state index in [9.17, 15) is 4.79 Å². The van der Waals surface area contributed by atoms with Crippen molar-refractivity contribution in [2.75, 3.05) is 17.3 Å². The number of hydrazine groups is 1. The number of nitrogen functional groups attached to an aromatic ring is 1. The summed E-state index contributed by atoms with van der Waals surface area (Å²) < 4.78 is 0. The summed E-state index contributed by atoms with van der Waals surface area (Å²) in [5, 5.41) is 4.07. The molecular formula is C12H18N6OS. The summed E-state index contributed by atoms with van der Waals surface area (Å²) in [6.07, 6.45) is 0. The van der Waals surface area contributed by atoms with Crippen LogP contribution in [0.4, 0.5) is 11.8 Å². The van der Waals surface area contributed by atoms with Crippen LogP contribution in [0.5, 0.6) is 0 Å². The lowest BCUT2D eigenvalue weighted by Gasteiger charge is -2.21. The molecule has 0 saturated carbocycles. The van der Waals surface area contributed by atoms with Crippen LogP contribution in [0.1, 0.15) is 18.7 Å². The maximum atomic E-state index is 11.4. The Hall–Kier alpha value is -1.93. The lowest BCUT2D eigenvalue weighted by atomic mass is 9.93. The standard InChI is InChI=1S/C12H18N6OS/c1-6-4-7-8(15-5-12(2,3)10(13)19)16-11(18-14)17-9(7)20-6/h4H,5,14H2,1-3H3,(H2,13,19)(H2,15,16,17,18). The number of nitrogens with zero attached hydrogens (tertiary/aromatic N) is 2. The number of hydrogen-bond donors (Lipinski definition) is 4. The molecule has 8 heteroatoms. The first-order valence-corrected chi connectivity index (χ1v) is 6.94. The highest BCUT2D eigenvalue weighted by Gasteiger charge is 2.25. The maximum absolute atomic E-state index is 11.4. The molecule has 0 aromatic carbocycles. The van der Waals surface area contributed by atoms with Gasteiger partial charge in [-0.1, -0.05) is 0 Å². The molecule has 108 valence electrons. The second kappa shape index (κ2) is 5.22. The molecular weight excluding hydrogens is 276 g/mol. The van der Waals surface area contributed by atoms with Crippen molar-refractivity contribution in [2.24, 2.45) is 17.0 Å². The van der Waals surface area contributed by atoms with Crippen molar-refractivity contribution >= 4 is 39.2 Å². The average molecular weight is 294 g/mol. The quantitative estimate of drug-likeness (QED) is 0.486. The van der Waals surface area contributed by atoms with Gasteiger partial charge in [0, 0.05) is 11.4 Å². The van der Waals surface area contributed by atoms with Crippen LogP contribution in [0.15, 0.2) is 6.07 Å². The van der Waals surface area contributed by atoms with Gasteiger partial charge in [0.1, 0.15) is 10.6 Å². The summed E-state index contributed by atoms with van der Waals surface area (Å²) >= 11 is 1.56. The van der Waals surface area contributed by atoms with Crippen LogP contribution in [0, 0.1) is 12.3 Å². The van der Waals surface area contributed by atoms with E-state index in [4.69, 9.17) is 11.6 Å². The van der Waals surface area contributed by atoms with E-state index in [1.807, 2.05) is 13.0 Å². The minimum absolute atomic E-state index is 0.332. The third-order valence-corrected chi connectivity index (χ3v) is 3.95. The van der Waals surface area contributed by atoms with Crippen LogP contribution in [-0.4, -0.2) is 22.4 Å². The zero-order valence-corrected chi connectivity index (χ0v) is 12.5. The van der Waals surface area contributed by atoms with Crippen molar-refractivity contribution in [2.45, 2.75) is 20.8 Å². The SMILES string of the molecule is Cc1cc2c(NCC(C)(C)C(N)=O)nc(NN)nc2s1. The highest BCUT2D eigenvalue weighted by molar-refractivity contribution is 7.18. The zero-order chi connectivity index (χ0) is 14.9. The molecule has 0 unspecified atom stereocenters. The van der Waals surface area contributed by atoms with E-state index < -0.39 is 5.41 Å². The van der Waals surface area contributed by atoms with E-state index in [-0.39, 0.29) is 5.91 Å². The summed E-state index contributed by atoms with van der Waals surface area (Å²) in [4.78, 5) is 21.9. The van der Waals surface area contributed by atoms with Gasteiger partial charge in [0.15, 0.2) is 0 Å². The second-order valence-electron chi connectivity index (χ2n) is 5.22. The Kier molecular flexibility index (Phi) is 3.78. The van der Waals surface area contributed by atoms with Gasteiger partial charge in [0.2, 0.25) is 11.9 Å². The number of hydrogen-bond acceptors (Lipinski definition) is 7. The van der Waals surface area contributed by atoms with Gasteiger partial charge in [0.05, 0.1) is 10.8 Å². The molecule has 0 radical (unpaired) electrons. The van der Waals surface area contributed by atoms with E-state index in [0.717, 1.165) is 15.1 Å². The van der Waals surface area contributed by atoms with E-state index in [2.05, 4.69) is 20.7 Å². The number of aryl methyl sites for hydroxylation is 1. The molecule has 0 aliphatic rings. The second-order valence-corrected chi connectivity index (χ2v) is 6.45. The van der Waals surface area contributed by atoms with Gasteiger partial charge in [0.25, 0.3) is 0 Å². The molecule has 0 aliphatic carbocycles. The van der Waals surface area contributed by atoms with Gasteiger partial charge in [-0.25, -0.2) is 10.8 Å². The Labute approximate surface area is 120 Å². The van der Waals surface area contributed by atoms with Gasteiger partial charge >= 0.3 is 0 Å². The van der Waals surface area contributed by atoms with Crippen LogP contribution in [-0.2, 0) is 4.79 Å². The summed E-state index contributed by atoms with van der Waals surface area (Å²) in [7, 11) is 0. The minimum atomic E-state index is -0.668. The number of carbonyl (C=O) groups is 1. The fourth-order valence-corrected chi connectivity index (χ4v) is 2.51. The summed E-state index contributed by atoms with van der Waals surface area (Å²) in [6.45, 7) is 5.94. The minimum Gasteiger partial charge on any atom is -0.369 e. The normalized spacial score (nSPS) is 11.6. The molecule has 0 spiro atoms. The molecule has 0 saturated heterocycles. The third-order valence-electron chi connectivity index (χ3n) is 3.01. The van der Waals surface area contributed by atoms with Crippen LogP contribution in [0.2, 0.25) is 0 Å². The Balaban J connectivity index is 2.35.